The van der Waals surface area contributed by atoms with E-state index in [9.17, 15) is 18.0 Å². The number of carbonyl (C=O) groups is 1. The summed E-state index contributed by atoms with van der Waals surface area (Å²) in [5.41, 5.74) is -1.72. The lowest BCUT2D eigenvalue weighted by Crippen LogP contribution is -2.15. The molecular formula is C11H7F3N2O2. The lowest BCUT2D eigenvalue weighted by molar-refractivity contribution is -0.141. The van der Waals surface area contributed by atoms with Crippen LogP contribution in [0.4, 0.5) is 13.2 Å². The molecule has 0 amide bonds. The van der Waals surface area contributed by atoms with E-state index < -0.39 is 23.4 Å². The number of aryl methyl sites for hydroxylation is 1. The summed E-state index contributed by atoms with van der Waals surface area (Å²) in [4.78, 5) is 17.9. The van der Waals surface area contributed by atoms with Gasteiger partial charge in [-0.15, -0.1) is 0 Å². The number of aromatic nitrogens is 2. The third-order valence-corrected chi connectivity index (χ3v) is 2.30. The molecule has 0 fully saturated rings. The van der Waals surface area contributed by atoms with Crippen LogP contribution in [0.3, 0.4) is 0 Å². The Morgan fingerprint density at radius 2 is 2.00 bits per heavy atom. The Labute approximate surface area is 99.1 Å². The van der Waals surface area contributed by atoms with E-state index in [0.717, 1.165) is 6.07 Å². The number of aromatic carboxylic acids is 1. The summed E-state index contributed by atoms with van der Waals surface area (Å²) in [6.45, 7) is 1.70. The Morgan fingerprint density at radius 3 is 2.56 bits per heavy atom. The van der Waals surface area contributed by atoms with Crippen molar-refractivity contribution in [3.8, 4) is 0 Å². The lowest BCUT2D eigenvalue weighted by atomic mass is 10.1. The molecule has 7 heteroatoms. The zero-order valence-corrected chi connectivity index (χ0v) is 9.12. The number of carboxylic acid groups (broad SMARTS) is 1. The molecule has 4 nitrogen and oxygen atoms in total. The number of pyridine rings is 2. The van der Waals surface area contributed by atoms with Crippen LogP contribution in [0.2, 0.25) is 0 Å². The standard InChI is InChI=1S/C11H7F3N2O2/c1-5-2-6-3-7(10(17)18)8(11(12,13)14)16-9(6)15-4-5/h2-4H,1H3,(H,17,18). The van der Waals surface area contributed by atoms with E-state index in [-0.39, 0.29) is 11.0 Å². The summed E-state index contributed by atoms with van der Waals surface area (Å²) in [6, 6.07) is 2.47. The number of hydrogen-bond donors (Lipinski definition) is 1. The molecule has 0 aliphatic rings. The molecule has 0 aliphatic carbocycles. The van der Waals surface area contributed by atoms with Crippen molar-refractivity contribution in [3.63, 3.8) is 0 Å². The van der Waals surface area contributed by atoms with E-state index >= 15 is 0 Å². The summed E-state index contributed by atoms with van der Waals surface area (Å²) >= 11 is 0. The van der Waals surface area contributed by atoms with Crippen molar-refractivity contribution < 1.29 is 23.1 Å². The van der Waals surface area contributed by atoms with Gasteiger partial charge in [0.25, 0.3) is 0 Å². The van der Waals surface area contributed by atoms with Crippen molar-refractivity contribution in [2.45, 2.75) is 13.1 Å². The molecule has 94 valence electrons. The summed E-state index contributed by atoms with van der Waals surface area (Å²) in [6.07, 6.45) is -3.45. The highest BCUT2D eigenvalue weighted by molar-refractivity contribution is 5.93. The molecule has 2 aromatic heterocycles. The van der Waals surface area contributed by atoms with Crippen molar-refractivity contribution in [2.75, 3.05) is 0 Å². The van der Waals surface area contributed by atoms with E-state index in [2.05, 4.69) is 9.97 Å². The fourth-order valence-electron chi connectivity index (χ4n) is 1.55. The van der Waals surface area contributed by atoms with E-state index in [0.29, 0.717) is 5.56 Å². The maximum atomic E-state index is 12.7. The topological polar surface area (TPSA) is 63.1 Å². The van der Waals surface area contributed by atoms with Crippen LogP contribution in [-0.4, -0.2) is 21.0 Å². The van der Waals surface area contributed by atoms with Gasteiger partial charge in [0, 0.05) is 11.6 Å². The molecule has 0 aromatic carbocycles. The van der Waals surface area contributed by atoms with E-state index in [1.54, 1.807) is 6.92 Å². The van der Waals surface area contributed by atoms with Crippen LogP contribution < -0.4 is 0 Å². The summed E-state index contributed by atoms with van der Waals surface area (Å²) < 4.78 is 38.0. The molecule has 2 heterocycles. The van der Waals surface area contributed by atoms with Crippen LogP contribution in [0, 0.1) is 6.92 Å². The second-order valence-electron chi connectivity index (χ2n) is 3.75. The highest BCUT2D eigenvalue weighted by atomic mass is 19.4. The summed E-state index contributed by atoms with van der Waals surface area (Å²) in [7, 11) is 0. The highest BCUT2D eigenvalue weighted by Gasteiger charge is 2.37. The summed E-state index contributed by atoms with van der Waals surface area (Å²) in [5, 5.41) is 9.06. The monoisotopic (exact) mass is 256 g/mol. The smallest absolute Gasteiger partial charge is 0.434 e. The molecule has 0 aliphatic heterocycles. The molecule has 0 saturated heterocycles. The fourth-order valence-corrected chi connectivity index (χ4v) is 1.55. The molecule has 0 spiro atoms. The van der Waals surface area contributed by atoms with Crippen LogP contribution in [0.5, 0.6) is 0 Å². The number of halogens is 3. The Kier molecular flexibility index (Phi) is 2.68. The van der Waals surface area contributed by atoms with E-state index in [1.807, 2.05) is 0 Å². The number of fused-ring (bicyclic) bond motifs is 1. The van der Waals surface area contributed by atoms with Gasteiger partial charge < -0.3 is 5.11 Å². The summed E-state index contributed by atoms with van der Waals surface area (Å²) in [5.74, 6) is -1.67. The molecule has 0 atom stereocenters. The van der Waals surface area contributed by atoms with Gasteiger partial charge in [0.2, 0.25) is 0 Å². The minimum Gasteiger partial charge on any atom is -0.478 e. The average molecular weight is 256 g/mol. The first kappa shape index (κ1) is 12.3. The molecule has 0 bridgehead atoms. The quantitative estimate of drug-likeness (QED) is 0.851. The largest absolute Gasteiger partial charge is 0.478 e. The lowest BCUT2D eigenvalue weighted by Gasteiger charge is -2.10. The van der Waals surface area contributed by atoms with Gasteiger partial charge in [0.1, 0.15) is 0 Å². The second-order valence-corrected chi connectivity index (χ2v) is 3.75. The molecule has 0 radical (unpaired) electrons. The molecule has 0 unspecified atom stereocenters. The predicted molar refractivity (Wildman–Crippen MR) is 56.2 cm³/mol. The first-order valence-electron chi connectivity index (χ1n) is 4.87. The number of alkyl halides is 3. The van der Waals surface area contributed by atoms with Crippen LogP contribution >= 0.6 is 0 Å². The Morgan fingerprint density at radius 1 is 1.33 bits per heavy atom. The SMILES string of the molecule is Cc1cnc2nc(C(F)(F)F)c(C(=O)O)cc2c1. The van der Waals surface area contributed by atoms with Crippen LogP contribution in [0.1, 0.15) is 21.6 Å². The zero-order chi connectivity index (χ0) is 13.5. The van der Waals surface area contributed by atoms with E-state index in [1.165, 1.54) is 12.3 Å². The highest BCUT2D eigenvalue weighted by Crippen LogP contribution is 2.32. The predicted octanol–water partition coefficient (Wildman–Crippen LogP) is 2.66. The number of nitrogens with zero attached hydrogens (tertiary/aromatic N) is 2. The van der Waals surface area contributed by atoms with Crippen LogP contribution in [-0.2, 0) is 6.18 Å². The maximum absolute atomic E-state index is 12.7. The van der Waals surface area contributed by atoms with Crippen molar-refractivity contribution >= 4 is 17.0 Å². The van der Waals surface area contributed by atoms with Crippen LogP contribution in [0.25, 0.3) is 11.0 Å². The normalized spacial score (nSPS) is 11.8. The molecule has 1 N–H and O–H groups in total. The van der Waals surface area contributed by atoms with E-state index in [4.69, 9.17) is 5.11 Å². The molecule has 2 rings (SSSR count). The first-order valence-corrected chi connectivity index (χ1v) is 4.87. The van der Waals surface area contributed by atoms with Gasteiger partial charge in [-0.3, -0.25) is 0 Å². The third-order valence-electron chi connectivity index (χ3n) is 2.30. The van der Waals surface area contributed by atoms with Gasteiger partial charge in [0.15, 0.2) is 11.3 Å². The van der Waals surface area contributed by atoms with Crippen molar-refractivity contribution in [2.24, 2.45) is 0 Å². The number of hydrogen-bond acceptors (Lipinski definition) is 3. The second kappa shape index (κ2) is 3.94. The Hall–Kier alpha value is -2.18. The molecule has 0 saturated carbocycles. The van der Waals surface area contributed by atoms with Gasteiger partial charge in [-0.05, 0) is 24.6 Å². The number of rotatable bonds is 1. The maximum Gasteiger partial charge on any atom is 0.434 e. The molecule has 2 aromatic rings. The third kappa shape index (κ3) is 2.11. The van der Waals surface area contributed by atoms with Crippen molar-refractivity contribution in [1.82, 2.24) is 9.97 Å². The Bertz CT molecular complexity index is 638. The number of carboxylic acids is 1. The molecule has 18 heavy (non-hydrogen) atoms. The van der Waals surface area contributed by atoms with Crippen molar-refractivity contribution in [1.29, 1.82) is 0 Å². The minimum atomic E-state index is -4.82. The molecular weight excluding hydrogens is 249 g/mol. The van der Waals surface area contributed by atoms with Gasteiger partial charge in [-0.2, -0.15) is 13.2 Å². The zero-order valence-electron chi connectivity index (χ0n) is 9.12. The van der Waals surface area contributed by atoms with Gasteiger partial charge in [0.05, 0.1) is 5.56 Å². The van der Waals surface area contributed by atoms with Crippen molar-refractivity contribution in [3.05, 3.63) is 35.2 Å². The first-order chi connectivity index (χ1) is 8.29. The van der Waals surface area contributed by atoms with Gasteiger partial charge in [-0.1, -0.05) is 0 Å². The van der Waals surface area contributed by atoms with Crippen LogP contribution in [0.15, 0.2) is 18.3 Å². The van der Waals surface area contributed by atoms with Gasteiger partial charge >= 0.3 is 12.1 Å². The van der Waals surface area contributed by atoms with Gasteiger partial charge in [-0.25, -0.2) is 14.8 Å². The average Bonchev–Trinajstić information content (AvgIpc) is 2.25. The Balaban J connectivity index is 2.81. The minimum absolute atomic E-state index is 0.127. The fraction of sp³-hybridized carbons (Fsp3) is 0.182.